The molecule has 1 rings (SSSR count). The van der Waals surface area contributed by atoms with E-state index >= 15 is 0 Å². The van der Waals surface area contributed by atoms with Crippen LogP contribution >= 0.6 is 23.4 Å². The lowest BCUT2D eigenvalue weighted by atomic mass is 9.99. The summed E-state index contributed by atoms with van der Waals surface area (Å²) in [5, 5.41) is 28.8. The van der Waals surface area contributed by atoms with Crippen molar-refractivity contribution in [1.82, 2.24) is 0 Å². The highest BCUT2D eigenvalue weighted by Gasteiger charge is 2.24. The molecule has 0 aliphatic carbocycles. The van der Waals surface area contributed by atoms with Crippen molar-refractivity contribution < 1.29 is 24.9 Å². The van der Waals surface area contributed by atoms with Gasteiger partial charge in [0.25, 0.3) is 0 Å². The molecule has 0 saturated heterocycles. The van der Waals surface area contributed by atoms with Crippen LogP contribution in [0.25, 0.3) is 0 Å². The fourth-order valence-corrected chi connectivity index (χ4v) is 2.24. The van der Waals surface area contributed by atoms with E-state index in [-0.39, 0.29) is 27.0 Å². The molecule has 0 aliphatic rings. The second kappa shape index (κ2) is 6.91. The summed E-state index contributed by atoms with van der Waals surface area (Å²) in [7, 11) is 0. The van der Waals surface area contributed by atoms with Crippen molar-refractivity contribution in [1.29, 1.82) is 0 Å². The van der Waals surface area contributed by atoms with E-state index in [1.807, 2.05) is 0 Å². The Morgan fingerprint density at radius 3 is 2.53 bits per heavy atom. The highest BCUT2D eigenvalue weighted by atomic mass is 35.5. The number of aromatic carboxylic acids is 1. The van der Waals surface area contributed by atoms with Crippen LogP contribution in [0.2, 0.25) is 5.02 Å². The monoisotopic (exact) mass is 304 g/mol. The van der Waals surface area contributed by atoms with E-state index in [0.29, 0.717) is 0 Å². The molecule has 1 aromatic carbocycles. The van der Waals surface area contributed by atoms with Crippen molar-refractivity contribution in [3.8, 4) is 0 Å². The van der Waals surface area contributed by atoms with Gasteiger partial charge in [-0.05, 0) is 23.8 Å². The second-order valence-corrected chi connectivity index (χ2v) is 5.48. The van der Waals surface area contributed by atoms with Crippen molar-refractivity contribution in [3.63, 3.8) is 0 Å². The molecule has 0 radical (unpaired) electrons. The molecule has 0 bridgehead atoms. The first-order valence-corrected chi connectivity index (χ1v) is 6.71. The number of carbonyl (C=O) groups excluding carboxylic acids is 1. The summed E-state index contributed by atoms with van der Waals surface area (Å²) in [4.78, 5) is 21.8. The van der Waals surface area contributed by atoms with Crippen molar-refractivity contribution in [2.24, 2.45) is 0 Å². The Morgan fingerprint density at radius 2 is 2.00 bits per heavy atom. The number of aliphatic hydroxyl groups is 2. The zero-order valence-corrected chi connectivity index (χ0v) is 11.6. The van der Waals surface area contributed by atoms with E-state index in [9.17, 15) is 19.8 Å². The van der Waals surface area contributed by atoms with Crippen LogP contribution in [0.1, 0.15) is 28.9 Å². The normalized spacial score (nSPS) is 13.9. The van der Waals surface area contributed by atoms with Gasteiger partial charge in [0.2, 0.25) is 0 Å². The molecular formula is C12H13ClO5S. The Morgan fingerprint density at radius 1 is 1.37 bits per heavy atom. The van der Waals surface area contributed by atoms with Gasteiger partial charge in [0, 0.05) is 17.7 Å². The number of rotatable bonds is 5. The summed E-state index contributed by atoms with van der Waals surface area (Å²) in [6.45, 7) is 1.34. The van der Waals surface area contributed by atoms with Crippen LogP contribution < -0.4 is 0 Å². The van der Waals surface area contributed by atoms with Gasteiger partial charge in [-0.15, -0.1) is 0 Å². The molecule has 7 heteroatoms. The van der Waals surface area contributed by atoms with E-state index in [1.54, 1.807) is 0 Å². The summed E-state index contributed by atoms with van der Waals surface area (Å²) in [5.41, 5.74) is -0.111. The van der Waals surface area contributed by atoms with Gasteiger partial charge >= 0.3 is 5.97 Å². The molecule has 2 unspecified atom stereocenters. The van der Waals surface area contributed by atoms with Gasteiger partial charge in [-0.2, -0.15) is 0 Å². The number of carboxylic acid groups (broad SMARTS) is 1. The fraction of sp³-hybridized carbons (Fsp3) is 0.333. The number of thioether (sulfide) groups is 1. The molecule has 0 amide bonds. The van der Waals surface area contributed by atoms with Crippen LogP contribution in [0, 0.1) is 0 Å². The van der Waals surface area contributed by atoms with Crippen LogP contribution in [-0.2, 0) is 4.79 Å². The molecule has 2 atom stereocenters. The molecule has 0 heterocycles. The lowest BCUT2D eigenvalue weighted by Gasteiger charge is -2.19. The molecule has 5 nitrogen and oxygen atoms in total. The van der Waals surface area contributed by atoms with Gasteiger partial charge < -0.3 is 15.3 Å². The minimum absolute atomic E-state index is 0.0247. The number of halogens is 1. The first-order chi connectivity index (χ1) is 8.82. The molecule has 0 aromatic heterocycles. The van der Waals surface area contributed by atoms with Gasteiger partial charge in [-0.3, -0.25) is 4.79 Å². The first kappa shape index (κ1) is 16.0. The minimum atomic E-state index is -1.42. The number of hydrogen-bond acceptors (Lipinski definition) is 5. The molecule has 0 aliphatic heterocycles. The predicted octanol–water partition coefficient (Wildman–Crippen LogP) is 1.71. The van der Waals surface area contributed by atoms with Crippen LogP contribution in [0.5, 0.6) is 0 Å². The maximum atomic E-state index is 11.0. The van der Waals surface area contributed by atoms with Crippen LogP contribution in [-0.4, -0.2) is 38.3 Å². The third-order valence-corrected chi connectivity index (χ3v) is 3.53. The Kier molecular flexibility index (Phi) is 5.81. The Balaban J connectivity index is 2.97. The Labute approximate surface area is 119 Å². The molecule has 19 heavy (non-hydrogen) atoms. The SMILES string of the molecule is CC(=O)SCC(O)C(O)c1cc(Cl)ccc1C(=O)O. The van der Waals surface area contributed by atoms with Crippen molar-refractivity contribution in [2.75, 3.05) is 5.75 Å². The smallest absolute Gasteiger partial charge is 0.336 e. The Hall–Kier alpha value is -1.08. The van der Waals surface area contributed by atoms with E-state index < -0.39 is 18.2 Å². The lowest BCUT2D eigenvalue weighted by molar-refractivity contribution is -0.109. The maximum Gasteiger partial charge on any atom is 0.336 e. The molecule has 0 fully saturated rings. The first-order valence-electron chi connectivity index (χ1n) is 5.35. The Bertz CT molecular complexity index is 491. The van der Waals surface area contributed by atoms with Crippen molar-refractivity contribution >= 4 is 34.4 Å². The molecular weight excluding hydrogens is 292 g/mol. The molecule has 1 aromatic rings. The second-order valence-electron chi connectivity index (χ2n) is 3.85. The van der Waals surface area contributed by atoms with Gasteiger partial charge in [0.15, 0.2) is 5.12 Å². The standard InChI is InChI=1S/C12H13ClO5S/c1-6(14)19-5-10(15)11(16)9-4-7(13)2-3-8(9)12(17)18/h2-4,10-11,15-16H,5H2,1H3,(H,17,18). The highest BCUT2D eigenvalue weighted by molar-refractivity contribution is 8.13. The summed E-state index contributed by atoms with van der Waals surface area (Å²) in [6.07, 6.45) is -2.68. The third-order valence-electron chi connectivity index (χ3n) is 2.38. The van der Waals surface area contributed by atoms with E-state index in [2.05, 4.69) is 0 Å². The summed E-state index contributed by atoms with van der Waals surface area (Å²) in [6, 6.07) is 3.93. The minimum Gasteiger partial charge on any atom is -0.478 e. The number of aliphatic hydroxyl groups excluding tert-OH is 2. The highest BCUT2D eigenvalue weighted by Crippen LogP contribution is 2.26. The van der Waals surface area contributed by atoms with Gasteiger partial charge in [0.1, 0.15) is 6.10 Å². The summed E-state index contributed by atoms with van der Waals surface area (Å²) in [5.74, 6) is -1.25. The van der Waals surface area contributed by atoms with Crippen molar-refractivity contribution in [2.45, 2.75) is 19.1 Å². The third kappa shape index (κ3) is 4.50. The van der Waals surface area contributed by atoms with E-state index in [1.165, 1.54) is 25.1 Å². The topological polar surface area (TPSA) is 94.8 Å². The fourth-order valence-electron chi connectivity index (χ4n) is 1.47. The maximum absolute atomic E-state index is 11.0. The molecule has 3 N–H and O–H groups in total. The largest absolute Gasteiger partial charge is 0.478 e. The number of benzene rings is 1. The quantitative estimate of drug-likeness (QED) is 0.766. The zero-order chi connectivity index (χ0) is 14.6. The van der Waals surface area contributed by atoms with Crippen molar-refractivity contribution in [3.05, 3.63) is 34.3 Å². The number of carbonyl (C=O) groups is 2. The van der Waals surface area contributed by atoms with Gasteiger partial charge in [-0.1, -0.05) is 23.4 Å². The van der Waals surface area contributed by atoms with Gasteiger partial charge in [0.05, 0.1) is 11.7 Å². The van der Waals surface area contributed by atoms with Crippen LogP contribution in [0.15, 0.2) is 18.2 Å². The average Bonchev–Trinajstić information content (AvgIpc) is 2.34. The molecule has 0 spiro atoms. The zero-order valence-electron chi connectivity index (χ0n) is 10.0. The molecule has 0 saturated carbocycles. The summed E-state index contributed by atoms with van der Waals surface area (Å²) >= 11 is 6.60. The van der Waals surface area contributed by atoms with Crippen LogP contribution in [0.3, 0.4) is 0 Å². The average molecular weight is 305 g/mol. The lowest BCUT2D eigenvalue weighted by Crippen LogP contribution is -2.23. The predicted molar refractivity (Wildman–Crippen MR) is 72.5 cm³/mol. The number of carboxylic acids is 1. The summed E-state index contributed by atoms with van der Waals surface area (Å²) < 4.78 is 0. The molecule has 104 valence electrons. The van der Waals surface area contributed by atoms with E-state index in [4.69, 9.17) is 16.7 Å². The van der Waals surface area contributed by atoms with Gasteiger partial charge in [-0.25, -0.2) is 4.79 Å². The number of hydrogen-bond donors (Lipinski definition) is 3. The van der Waals surface area contributed by atoms with Crippen LogP contribution in [0.4, 0.5) is 0 Å². The van der Waals surface area contributed by atoms with E-state index in [0.717, 1.165) is 11.8 Å².